The van der Waals surface area contributed by atoms with Crippen molar-refractivity contribution in [2.45, 2.75) is 79.3 Å². The zero-order chi connectivity index (χ0) is 44.6. The van der Waals surface area contributed by atoms with Gasteiger partial charge in [-0.2, -0.15) is 0 Å². The fourth-order valence-corrected chi connectivity index (χ4v) is 7.34. The van der Waals surface area contributed by atoms with E-state index in [0.717, 1.165) is 36.4 Å². The molecule has 0 spiro atoms. The first-order valence-corrected chi connectivity index (χ1v) is 19.6. The van der Waals surface area contributed by atoms with Gasteiger partial charge in [-0.3, -0.25) is 30.3 Å². The second kappa shape index (κ2) is 19.9. The van der Waals surface area contributed by atoms with Gasteiger partial charge in [-0.15, -0.1) is 0 Å². The fourth-order valence-electron chi connectivity index (χ4n) is 7.34. The van der Waals surface area contributed by atoms with Gasteiger partial charge in [-0.05, 0) is 109 Å². The number of phenolic OH excluding ortho intramolecular Hbond substituents is 9. The molecule has 0 bridgehead atoms. The lowest BCUT2D eigenvalue weighted by Gasteiger charge is -2.36. The van der Waals surface area contributed by atoms with Crippen LogP contribution in [0.5, 0.6) is 51.7 Å². The van der Waals surface area contributed by atoms with Crippen molar-refractivity contribution in [1.82, 2.24) is 31.9 Å². The first kappa shape index (κ1) is 46.1. The van der Waals surface area contributed by atoms with Crippen LogP contribution in [-0.4, -0.2) is 83.3 Å². The van der Waals surface area contributed by atoms with E-state index in [9.17, 15) is 60.3 Å². The Kier molecular flexibility index (Phi) is 15.3. The van der Waals surface area contributed by atoms with E-state index in [4.69, 9.17) is 0 Å². The molecular formula is C42H54N6O12. The number of carbonyl (C=O) groups excluding carboxylic acids is 3. The second-order valence-electron chi connectivity index (χ2n) is 13.6. The number of nitrogens with one attached hydrogen (secondary N) is 6. The number of benzene rings is 4. The normalized spacial score (nSPS) is 12.7. The zero-order valence-corrected chi connectivity index (χ0v) is 34.2. The monoisotopic (exact) mass is 834 g/mol. The van der Waals surface area contributed by atoms with Crippen LogP contribution in [0.3, 0.4) is 0 Å². The van der Waals surface area contributed by atoms with Crippen molar-refractivity contribution in [1.29, 1.82) is 0 Å². The van der Waals surface area contributed by atoms with Gasteiger partial charge < -0.3 is 61.9 Å². The van der Waals surface area contributed by atoms with Crippen LogP contribution >= 0.6 is 0 Å². The molecule has 0 saturated heterocycles. The highest BCUT2D eigenvalue weighted by molar-refractivity contribution is 6.00. The average Bonchev–Trinajstić information content (AvgIpc) is 3.22. The van der Waals surface area contributed by atoms with Crippen LogP contribution in [0.25, 0.3) is 0 Å². The summed E-state index contributed by atoms with van der Waals surface area (Å²) in [5.41, 5.74) is 2.44. The van der Waals surface area contributed by atoms with Gasteiger partial charge in [-0.25, -0.2) is 0 Å². The molecule has 60 heavy (non-hydrogen) atoms. The van der Waals surface area contributed by atoms with Gasteiger partial charge in [0.15, 0.2) is 34.5 Å². The summed E-state index contributed by atoms with van der Waals surface area (Å²) in [6.45, 7) is 11.9. The molecule has 3 atom stereocenters. The van der Waals surface area contributed by atoms with Gasteiger partial charge in [0.05, 0.1) is 16.7 Å². The first-order chi connectivity index (χ1) is 28.5. The Morgan fingerprint density at radius 3 is 0.833 bits per heavy atom. The number of rotatable bonds is 18. The lowest BCUT2D eigenvalue weighted by molar-refractivity contribution is 0.0918. The third kappa shape index (κ3) is 9.15. The molecule has 0 aliphatic rings. The Morgan fingerprint density at radius 2 is 0.633 bits per heavy atom. The van der Waals surface area contributed by atoms with Crippen molar-refractivity contribution >= 4 is 17.7 Å². The van der Waals surface area contributed by atoms with E-state index < -0.39 is 88.0 Å². The van der Waals surface area contributed by atoms with Crippen molar-refractivity contribution < 1.29 is 60.3 Å². The Morgan fingerprint density at radius 1 is 0.400 bits per heavy atom. The third-order valence-corrected chi connectivity index (χ3v) is 10.1. The quantitative estimate of drug-likeness (QED) is 0.0500. The topological polar surface area (TPSA) is 305 Å². The van der Waals surface area contributed by atoms with Crippen LogP contribution in [0, 0.1) is 0 Å². The van der Waals surface area contributed by atoms with Crippen LogP contribution in [0.1, 0.15) is 124 Å². The van der Waals surface area contributed by atoms with E-state index in [0.29, 0.717) is 52.6 Å². The number of hydrogen-bond donors (Lipinski definition) is 15. The minimum atomic E-state index is -1.04. The van der Waals surface area contributed by atoms with Crippen molar-refractivity contribution in [3.63, 3.8) is 0 Å². The lowest BCUT2D eigenvalue weighted by atomic mass is 9.80. The molecule has 0 heterocycles. The maximum atomic E-state index is 14.0. The van der Waals surface area contributed by atoms with E-state index in [2.05, 4.69) is 31.9 Å². The van der Waals surface area contributed by atoms with Crippen LogP contribution in [0.15, 0.2) is 36.4 Å². The van der Waals surface area contributed by atoms with Crippen LogP contribution in [0.4, 0.5) is 0 Å². The Balaban J connectivity index is 2.09. The predicted octanol–water partition coefficient (Wildman–Crippen LogP) is 3.84. The minimum Gasteiger partial charge on any atom is -0.504 e. The van der Waals surface area contributed by atoms with Crippen LogP contribution in [0.2, 0.25) is 0 Å². The van der Waals surface area contributed by atoms with E-state index in [-0.39, 0.29) is 36.3 Å². The molecule has 3 unspecified atom stereocenters. The largest absolute Gasteiger partial charge is 0.504 e. The average molecular weight is 835 g/mol. The summed E-state index contributed by atoms with van der Waals surface area (Å²) in [7, 11) is 0. The third-order valence-electron chi connectivity index (χ3n) is 10.1. The summed E-state index contributed by atoms with van der Waals surface area (Å²) < 4.78 is 0. The SMILES string of the molecule is CCNC(NC(=O)c1ccc(O)c(O)c1O)c1c(CC)c(C(NCC)NC(=O)c2ccc(O)c(O)c2O)c(CC)c(C(NCC)NC(=O)c2ccc(O)c(O)c2O)c1CC. The first-order valence-electron chi connectivity index (χ1n) is 19.6. The summed E-state index contributed by atoms with van der Waals surface area (Å²) in [4.78, 5) is 41.9. The smallest absolute Gasteiger partial charge is 0.256 e. The number of aromatic hydroxyl groups is 9. The highest BCUT2D eigenvalue weighted by atomic mass is 16.3. The number of hydrogen-bond acceptors (Lipinski definition) is 15. The molecule has 18 nitrogen and oxygen atoms in total. The van der Waals surface area contributed by atoms with Gasteiger partial charge in [-0.1, -0.05) is 41.5 Å². The lowest BCUT2D eigenvalue weighted by Crippen LogP contribution is -2.44. The summed E-state index contributed by atoms with van der Waals surface area (Å²) in [6, 6.07) is 6.58. The molecule has 4 rings (SSSR count). The maximum absolute atomic E-state index is 14.0. The molecule has 324 valence electrons. The molecule has 0 aromatic heterocycles. The van der Waals surface area contributed by atoms with Gasteiger partial charge in [0.1, 0.15) is 18.5 Å². The predicted molar refractivity (Wildman–Crippen MR) is 221 cm³/mol. The zero-order valence-electron chi connectivity index (χ0n) is 34.2. The van der Waals surface area contributed by atoms with E-state index in [1.807, 2.05) is 20.8 Å². The van der Waals surface area contributed by atoms with Crippen LogP contribution in [-0.2, 0) is 19.3 Å². The highest BCUT2D eigenvalue weighted by Crippen LogP contribution is 2.42. The van der Waals surface area contributed by atoms with Gasteiger partial charge in [0.25, 0.3) is 17.7 Å². The molecule has 4 aromatic rings. The van der Waals surface area contributed by atoms with E-state index in [1.54, 1.807) is 20.8 Å². The van der Waals surface area contributed by atoms with Gasteiger partial charge >= 0.3 is 0 Å². The van der Waals surface area contributed by atoms with E-state index in [1.165, 1.54) is 0 Å². The molecular weight excluding hydrogens is 780 g/mol. The number of carbonyl (C=O) groups is 3. The summed E-state index contributed by atoms with van der Waals surface area (Å²) in [6.07, 6.45) is -2.23. The highest BCUT2D eigenvalue weighted by Gasteiger charge is 2.35. The summed E-state index contributed by atoms with van der Waals surface area (Å²) >= 11 is 0. The minimum absolute atomic E-state index is 0.290. The van der Waals surface area contributed by atoms with Crippen LogP contribution < -0.4 is 31.9 Å². The molecule has 0 saturated carbocycles. The van der Waals surface area contributed by atoms with Crippen molar-refractivity contribution in [3.8, 4) is 51.7 Å². The second-order valence-corrected chi connectivity index (χ2v) is 13.6. The van der Waals surface area contributed by atoms with Gasteiger partial charge in [0, 0.05) is 0 Å². The maximum Gasteiger partial charge on any atom is 0.256 e. The summed E-state index contributed by atoms with van der Waals surface area (Å²) in [5.74, 6) is -9.66. The molecule has 3 amide bonds. The molecule has 18 heteroatoms. The van der Waals surface area contributed by atoms with Crippen molar-refractivity contribution in [2.75, 3.05) is 19.6 Å². The number of amides is 3. The Hall–Kier alpha value is -6.63. The molecule has 0 fully saturated rings. The standard InChI is InChI=1S/C42H54N6O12/c1-7-19-28(37(43-10-4)46-40(58)22-13-16-25(49)34(55)31(22)52)20(8-2)30(39(45-12-6)48-42(60)24-15-18-27(51)36(57)33(24)54)21(9-3)29(19)38(44-11-5)47-41(59)23-14-17-26(50)35(56)32(23)53/h13-18,37-39,43-45,49-57H,7-12H2,1-6H3,(H,46,58)(H,47,59)(H,48,60). The Labute approximate surface area is 346 Å². The van der Waals surface area contributed by atoms with Crippen molar-refractivity contribution in [3.05, 3.63) is 86.5 Å². The molecule has 0 radical (unpaired) electrons. The van der Waals surface area contributed by atoms with E-state index >= 15 is 0 Å². The van der Waals surface area contributed by atoms with Crippen molar-refractivity contribution in [2.24, 2.45) is 0 Å². The molecule has 15 N–H and O–H groups in total. The molecule has 0 aliphatic heterocycles. The molecule has 4 aromatic carbocycles. The number of phenols is 9. The fraction of sp³-hybridized carbons (Fsp3) is 0.357. The molecule has 0 aliphatic carbocycles. The summed E-state index contributed by atoms with van der Waals surface area (Å²) in [5, 5.41) is 111. The van der Waals surface area contributed by atoms with Gasteiger partial charge in [0.2, 0.25) is 17.2 Å². The Bertz CT molecular complexity index is 1980.